The quantitative estimate of drug-likeness (QED) is 0.571. The highest BCUT2D eigenvalue weighted by atomic mass is 16.5. The Morgan fingerprint density at radius 3 is 2.26 bits per heavy atom. The molecule has 1 aromatic carbocycles. The Hall–Kier alpha value is -2.24. The molecule has 0 amide bonds. The largest absolute Gasteiger partial charge is 0.496 e. The maximum Gasteiger partial charge on any atom is 0.303 e. The lowest BCUT2D eigenvalue weighted by molar-refractivity contribution is -0.137. The molecule has 1 N–H and O–H groups in total. The summed E-state index contributed by atoms with van der Waals surface area (Å²) in [6.07, 6.45) is 1.09. The van der Waals surface area contributed by atoms with Gasteiger partial charge < -0.3 is 19.3 Å². The van der Waals surface area contributed by atoms with Crippen LogP contribution in [0, 0.1) is 0 Å². The third-order valence-corrected chi connectivity index (χ3v) is 2.44. The van der Waals surface area contributed by atoms with Gasteiger partial charge >= 0.3 is 5.97 Å². The Balaban J connectivity index is 2.79. The number of rotatable bonds is 8. The topological polar surface area (TPSA) is 82.1 Å². The van der Waals surface area contributed by atoms with Gasteiger partial charge in [-0.2, -0.15) is 0 Å². The number of methoxy groups -OCH3 is 2. The fraction of sp³-hybridized carbons (Fsp3) is 0.385. The number of hydrogen-bond acceptors (Lipinski definition) is 5. The van der Waals surface area contributed by atoms with Gasteiger partial charge in [0.05, 0.1) is 26.4 Å². The normalized spacial score (nSPS) is 9.79. The van der Waals surface area contributed by atoms with Gasteiger partial charge in [0.1, 0.15) is 17.2 Å². The van der Waals surface area contributed by atoms with Crippen LogP contribution >= 0.6 is 0 Å². The van der Waals surface area contributed by atoms with Crippen LogP contribution in [0.4, 0.5) is 0 Å². The van der Waals surface area contributed by atoms with Crippen molar-refractivity contribution in [1.82, 2.24) is 0 Å². The highest BCUT2D eigenvalue weighted by Gasteiger charge is 2.12. The molecule has 0 aliphatic heterocycles. The zero-order valence-electron chi connectivity index (χ0n) is 10.8. The average Bonchev–Trinajstić information content (AvgIpc) is 2.42. The molecule has 0 saturated heterocycles. The Kier molecular flexibility index (Phi) is 5.66. The smallest absolute Gasteiger partial charge is 0.303 e. The van der Waals surface area contributed by atoms with Gasteiger partial charge in [0.2, 0.25) is 0 Å². The molecule has 19 heavy (non-hydrogen) atoms. The van der Waals surface area contributed by atoms with Gasteiger partial charge in [-0.05, 0) is 6.42 Å². The molecule has 0 spiro atoms. The molecule has 0 heterocycles. The monoisotopic (exact) mass is 268 g/mol. The highest BCUT2D eigenvalue weighted by Crippen LogP contribution is 2.32. The van der Waals surface area contributed by atoms with Crippen LogP contribution in [0.5, 0.6) is 17.2 Å². The predicted octanol–water partition coefficient (Wildman–Crippen LogP) is 1.76. The number of benzene rings is 1. The first-order valence-electron chi connectivity index (χ1n) is 5.68. The minimum Gasteiger partial charge on any atom is -0.496 e. The van der Waals surface area contributed by atoms with Gasteiger partial charge in [0.15, 0.2) is 6.29 Å². The van der Waals surface area contributed by atoms with Crippen LogP contribution in [-0.4, -0.2) is 38.2 Å². The molecule has 6 nitrogen and oxygen atoms in total. The van der Waals surface area contributed by atoms with Gasteiger partial charge in [-0.1, -0.05) is 0 Å². The minimum absolute atomic E-state index is 0.0424. The summed E-state index contributed by atoms with van der Waals surface area (Å²) in [5.74, 6) is 0.296. The van der Waals surface area contributed by atoms with Crippen molar-refractivity contribution in [2.45, 2.75) is 12.8 Å². The second kappa shape index (κ2) is 7.25. The summed E-state index contributed by atoms with van der Waals surface area (Å²) < 4.78 is 15.6. The van der Waals surface area contributed by atoms with Crippen LogP contribution in [-0.2, 0) is 4.79 Å². The third kappa shape index (κ3) is 4.17. The number of aldehydes is 1. The SMILES string of the molecule is COc1cc(OCCCC(=O)O)cc(OC)c1C=O. The van der Waals surface area contributed by atoms with E-state index >= 15 is 0 Å². The number of carbonyl (C=O) groups is 2. The molecule has 0 radical (unpaired) electrons. The molecule has 104 valence electrons. The fourth-order valence-electron chi connectivity index (χ4n) is 1.53. The van der Waals surface area contributed by atoms with Crippen molar-refractivity contribution < 1.29 is 28.9 Å². The van der Waals surface area contributed by atoms with E-state index in [0.717, 1.165) is 0 Å². The van der Waals surface area contributed by atoms with Crippen LogP contribution in [0.1, 0.15) is 23.2 Å². The molecule has 1 aromatic rings. The average molecular weight is 268 g/mol. The van der Waals surface area contributed by atoms with Crippen LogP contribution in [0.15, 0.2) is 12.1 Å². The van der Waals surface area contributed by atoms with E-state index in [2.05, 4.69) is 0 Å². The maximum absolute atomic E-state index is 10.9. The molecule has 0 unspecified atom stereocenters. The van der Waals surface area contributed by atoms with Crippen molar-refractivity contribution in [2.24, 2.45) is 0 Å². The summed E-state index contributed by atoms with van der Waals surface area (Å²) >= 11 is 0. The van der Waals surface area contributed by atoms with Crippen LogP contribution < -0.4 is 14.2 Å². The van der Waals surface area contributed by atoms with E-state index in [1.165, 1.54) is 14.2 Å². The van der Waals surface area contributed by atoms with Gasteiger partial charge in [-0.15, -0.1) is 0 Å². The second-order valence-corrected chi connectivity index (χ2v) is 3.71. The first kappa shape index (κ1) is 14.8. The number of carbonyl (C=O) groups excluding carboxylic acids is 1. The summed E-state index contributed by atoms with van der Waals surface area (Å²) in [7, 11) is 2.88. The van der Waals surface area contributed by atoms with Gasteiger partial charge in [0, 0.05) is 18.6 Å². The molecular weight excluding hydrogens is 252 g/mol. The van der Waals surface area contributed by atoms with E-state index in [4.69, 9.17) is 19.3 Å². The summed E-state index contributed by atoms with van der Waals surface area (Å²) in [5.41, 5.74) is 0.308. The minimum atomic E-state index is -0.866. The van der Waals surface area contributed by atoms with E-state index in [1.807, 2.05) is 0 Å². The van der Waals surface area contributed by atoms with Crippen LogP contribution in [0.25, 0.3) is 0 Å². The summed E-state index contributed by atoms with van der Waals surface area (Å²) in [4.78, 5) is 21.3. The van der Waals surface area contributed by atoms with Crippen molar-refractivity contribution in [1.29, 1.82) is 0 Å². The standard InChI is InChI=1S/C13H16O6/c1-17-11-6-9(19-5-3-4-13(15)16)7-12(18-2)10(11)8-14/h6-8H,3-5H2,1-2H3,(H,15,16). The fourth-order valence-corrected chi connectivity index (χ4v) is 1.53. The van der Waals surface area contributed by atoms with E-state index in [0.29, 0.717) is 35.5 Å². The Morgan fingerprint density at radius 2 is 1.84 bits per heavy atom. The van der Waals surface area contributed by atoms with Crippen molar-refractivity contribution in [3.8, 4) is 17.2 Å². The molecule has 0 saturated carbocycles. The number of aliphatic carboxylic acids is 1. The van der Waals surface area contributed by atoms with E-state index in [9.17, 15) is 9.59 Å². The molecular formula is C13H16O6. The third-order valence-electron chi connectivity index (χ3n) is 2.44. The lowest BCUT2D eigenvalue weighted by atomic mass is 10.2. The molecule has 0 atom stereocenters. The molecule has 0 aromatic heterocycles. The lowest BCUT2D eigenvalue weighted by Gasteiger charge is -2.12. The first-order chi connectivity index (χ1) is 9.12. The molecule has 1 rings (SSSR count). The van der Waals surface area contributed by atoms with E-state index < -0.39 is 5.97 Å². The molecule has 0 bridgehead atoms. The number of carboxylic acid groups (broad SMARTS) is 1. The van der Waals surface area contributed by atoms with Crippen molar-refractivity contribution in [3.63, 3.8) is 0 Å². The Labute approximate surface area is 110 Å². The Morgan fingerprint density at radius 1 is 1.26 bits per heavy atom. The van der Waals surface area contributed by atoms with Crippen molar-refractivity contribution in [2.75, 3.05) is 20.8 Å². The molecule has 0 aliphatic rings. The zero-order valence-corrected chi connectivity index (χ0v) is 10.8. The molecule has 0 aliphatic carbocycles. The zero-order chi connectivity index (χ0) is 14.3. The molecule has 6 heteroatoms. The highest BCUT2D eigenvalue weighted by molar-refractivity contribution is 5.84. The molecule has 0 fully saturated rings. The summed E-state index contributed by atoms with van der Waals surface area (Å²) in [6, 6.07) is 3.13. The summed E-state index contributed by atoms with van der Waals surface area (Å²) in [6.45, 7) is 0.263. The summed E-state index contributed by atoms with van der Waals surface area (Å²) in [5, 5.41) is 8.51. The van der Waals surface area contributed by atoms with Gasteiger partial charge in [-0.25, -0.2) is 0 Å². The Bertz CT molecular complexity index is 429. The van der Waals surface area contributed by atoms with E-state index in [1.54, 1.807) is 12.1 Å². The first-order valence-corrected chi connectivity index (χ1v) is 5.68. The lowest BCUT2D eigenvalue weighted by Crippen LogP contribution is -2.03. The van der Waals surface area contributed by atoms with Crippen molar-refractivity contribution in [3.05, 3.63) is 17.7 Å². The van der Waals surface area contributed by atoms with Crippen LogP contribution in [0.3, 0.4) is 0 Å². The van der Waals surface area contributed by atoms with Crippen molar-refractivity contribution >= 4 is 12.3 Å². The van der Waals surface area contributed by atoms with Crippen LogP contribution in [0.2, 0.25) is 0 Å². The second-order valence-electron chi connectivity index (χ2n) is 3.71. The number of hydrogen-bond donors (Lipinski definition) is 1. The van der Waals surface area contributed by atoms with E-state index in [-0.39, 0.29) is 13.0 Å². The number of carboxylic acids is 1. The number of ether oxygens (including phenoxy) is 3. The maximum atomic E-state index is 10.9. The van der Waals surface area contributed by atoms with Gasteiger partial charge in [0.25, 0.3) is 0 Å². The van der Waals surface area contributed by atoms with Gasteiger partial charge in [-0.3, -0.25) is 9.59 Å². The predicted molar refractivity (Wildman–Crippen MR) is 67.3 cm³/mol.